The zero-order valence-electron chi connectivity index (χ0n) is 11.4. The number of nitrogens with zero attached hydrogens (tertiary/aromatic N) is 2. The van der Waals surface area contributed by atoms with Crippen LogP contribution >= 0.6 is 23.4 Å². The first-order valence-corrected chi connectivity index (χ1v) is 7.96. The highest BCUT2D eigenvalue weighted by Gasteiger charge is 2.10. The van der Waals surface area contributed by atoms with E-state index in [9.17, 15) is 4.79 Å². The van der Waals surface area contributed by atoms with Gasteiger partial charge in [-0.25, -0.2) is 4.98 Å². The molecule has 0 spiro atoms. The van der Waals surface area contributed by atoms with E-state index in [-0.39, 0.29) is 5.78 Å². The molecule has 3 nitrogen and oxygen atoms in total. The molecular formula is C15H17ClN2OS. The fourth-order valence-electron chi connectivity index (χ4n) is 1.90. The van der Waals surface area contributed by atoms with E-state index in [1.165, 1.54) is 11.8 Å². The van der Waals surface area contributed by atoms with Gasteiger partial charge < -0.3 is 4.57 Å². The van der Waals surface area contributed by atoms with Gasteiger partial charge in [-0.15, -0.1) is 11.8 Å². The highest BCUT2D eigenvalue weighted by molar-refractivity contribution is 8.00. The van der Waals surface area contributed by atoms with Crippen LogP contribution in [0.4, 0.5) is 0 Å². The summed E-state index contributed by atoms with van der Waals surface area (Å²) in [5, 5.41) is 0.692. The number of hydrogen-bond acceptors (Lipinski definition) is 3. The van der Waals surface area contributed by atoms with Crippen molar-refractivity contribution in [1.29, 1.82) is 0 Å². The van der Waals surface area contributed by atoms with Gasteiger partial charge >= 0.3 is 0 Å². The van der Waals surface area contributed by atoms with Crippen molar-refractivity contribution >= 4 is 29.1 Å². The number of carbonyl (C=O) groups is 1. The molecule has 0 radical (unpaired) electrons. The molecule has 0 saturated carbocycles. The monoisotopic (exact) mass is 308 g/mol. The van der Waals surface area contributed by atoms with Gasteiger partial charge in [-0.1, -0.05) is 30.7 Å². The van der Waals surface area contributed by atoms with E-state index in [1.807, 2.05) is 35.0 Å². The summed E-state index contributed by atoms with van der Waals surface area (Å²) in [7, 11) is 0. The molecule has 0 aliphatic heterocycles. The maximum absolute atomic E-state index is 12.0. The Bertz CT molecular complexity index is 583. The van der Waals surface area contributed by atoms with Crippen molar-refractivity contribution in [2.45, 2.75) is 31.2 Å². The summed E-state index contributed by atoms with van der Waals surface area (Å²) in [5.74, 6) is 1.43. The summed E-state index contributed by atoms with van der Waals surface area (Å²) in [5.41, 5.74) is 0. The van der Waals surface area contributed by atoms with Crippen LogP contribution in [0.15, 0.2) is 41.6 Å². The Morgan fingerprint density at radius 1 is 1.40 bits per heavy atom. The predicted molar refractivity (Wildman–Crippen MR) is 83.4 cm³/mol. The van der Waals surface area contributed by atoms with E-state index in [0.717, 1.165) is 23.7 Å². The molecule has 0 fully saturated rings. The minimum absolute atomic E-state index is 0.165. The van der Waals surface area contributed by atoms with Gasteiger partial charge in [0.2, 0.25) is 0 Å². The van der Waals surface area contributed by atoms with Gasteiger partial charge in [0.1, 0.15) is 5.82 Å². The summed E-state index contributed by atoms with van der Waals surface area (Å²) < 4.78 is 2.04. The molecule has 1 aromatic heterocycles. The van der Waals surface area contributed by atoms with Crippen LogP contribution < -0.4 is 0 Å². The van der Waals surface area contributed by atoms with Crippen LogP contribution in [0.1, 0.15) is 19.2 Å². The lowest BCUT2D eigenvalue weighted by molar-refractivity contribution is -0.116. The maximum Gasteiger partial charge on any atom is 0.150 e. The van der Waals surface area contributed by atoms with Gasteiger partial charge in [0.15, 0.2) is 5.78 Å². The molecule has 1 heterocycles. The van der Waals surface area contributed by atoms with E-state index in [1.54, 1.807) is 6.20 Å². The second-order valence-electron chi connectivity index (χ2n) is 4.47. The normalized spacial score (nSPS) is 10.7. The SMILES string of the molecule is CCCn1ccnc1CC(=O)CSc1ccccc1Cl. The molecule has 20 heavy (non-hydrogen) atoms. The molecule has 0 saturated heterocycles. The fraction of sp³-hybridized carbons (Fsp3) is 0.333. The van der Waals surface area contributed by atoms with Gasteiger partial charge in [-0.2, -0.15) is 0 Å². The molecule has 0 amide bonds. The van der Waals surface area contributed by atoms with Crippen molar-refractivity contribution in [3.63, 3.8) is 0 Å². The van der Waals surface area contributed by atoms with Crippen molar-refractivity contribution < 1.29 is 4.79 Å². The molecule has 0 aliphatic rings. The average molecular weight is 309 g/mol. The Kier molecular flexibility index (Phi) is 5.68. The number of halogens is 1. The first-order valence-electron chi connectivity index (χ1n) is 6.59. The van der Waals surface area contributed by atoms with E-state index < -0.39 is 0 Å². The lowest BCUT2D eigenvalue weighted by Crippen LogP contribution is -2.11. The lowest BCUT2D eigenvalue weighted by Gasteiger charge is -2.06. The van der Waals surface area contributed by atoms with Crippen LogP contribution in [0.3, 0.4) is 0 Å². The molecule has 2 rings (SSSR count). The first kappa shape index (κ1) is 15.1. The smallest absolute Gasteiger partial charge is 0.150 e. The number of rotatable bonds is 7. The van der Waals surface area contributed by atoms with Crippen molar-refractivity contribution in [2.75, 3.05) is 5.75 Å². The van der Waals surface area contributed by atoms with Gasteiger partial charge in [0.25, 0.3) is 0 Å². The second-order valence-corrected chi connectivity index (χ2v) is 5.90. The Hall–Kier alpha value is -1.26. The molecular weight excluding hydrogens is 292 g/mol. The Morgan fingerprint density at radius 3 is 2.95 bits per heavy atom. The van der Waals surface area contributed by atoms with E-state index in [4.69, 9.17) is 11.6 Å². The van der Waals surface area contributed by atoms with E-state index in [0.29, 0.717) is 17.2 Å². The van der Waals surface area contributed by atoms with Crippen LogP contribution in [0.5, 0.6) is 0 Å². The van der Waals surface area contributed by atoms with Gasteiger partial charge in [0.05, 0.1) is 17.2 Å². The van der Waals surface area contributed by atoms with Crippen molar-refractivity contribution in [3.05, 3.63) is 47.5 Å². The third kappa shape index (κ3) is 4.12. The summed E-state index contributed by atoms with van der Waals surface area (Å²) >= 11 is 7.55. The molecule has 5 heteroatoms. The largest absolute Gasteiger partial charge is 0.335 e. The zero-order chi connectivity index (χ0) is 14.4. The number of ketones is 1. The number of imidazole rings is 1. The van der Waals surface area contributed by atoms with Crippen molar-refractivity contribution in [2.24, 2.45) is 0 Å². The number of Topliss-reactive ketones (excluding diaryl/α,β-unsaturated/α-hetero) is 1. The van der Waals surface area contributed by atoms with Crippen LogP contribution in [0.2, 0.25) is 5.02 Å². The molecule has 0 N–H and O–H groups in total. The van der Waals surface area contributed by atoms with E-state index >= 15 is 0 Å². The van der Waals surface area contributed by atoms with Gasteiger partial charge in [-0.05, 0) is 18.6 Å². The van der Waals surface area contributed by atoms with Crippen LogP contribution in [-0.4, -0.2) is 21.1 Å². The maximum atomic E-state index is 12.0. The third-order valence-electron chi connectivity index (χ3n) is 2.85. The van der Waals surface area contributed by atoms with Crippen LogP contribution in [0, 0.1) is 0 Å². The van der Waals surface area contributed by atoms with Crippen molar-refractivity contribution in [3.8, 4) is 0 Å². The van der Waals surface area contributed by atoms with Crippen LogP contribution in [0.25, 0.3) is 0 Å². The van der Waals surface area contributed by atoms with Crippen LogP contribution in [-0.2, 0) is 17.8 Å². The Morgan fingerprint density at radius 2 is 2.20 bits per heavy atom. The molecule has 1 aromatic carbocycles. The predicted octanol–water partition coefficient (Wildman–Crippen LogP) is 3.85. The molecule has 0 aliphatic carbocycles. The summed E-state index contributed by atoms with van der Waals surface area (Å²) in [4.78, 5) is 17.2. The quantitative estimate of drug-likeness (QED) is 0.729. The highest BCUT2D eigenvalue weighted by atomic mass is 35.5. The molecule has 2 aromatic rings. The molecule has 0 atom stereocenters. The topological polar surface area (TPSA) is 34.9 Å². The zero-order valence-corrected chi connectivity index (χ0v) is 13.0. The summed E-state index contributed by atoms with van der Waals surface area (Å²) in [6.45, 7) is 3.01. The summed E-state index contributed by atoms with van der Waals surface area (Å²) in [6.07, 6.45) is 5.09. The lowest BCUT2D eigenvalue weighted by atomic mass is 10.3. The van der Waals surface area contributed by atoms with Gasteiger partial charge in [-0.3, -0.25) is 4.79 Å². The first-order chi connectivity index (χ1) is 9.70. The number of benzene rings is 1. The third-order valence-corrected chi connectivity index (χ3v) is 4.42. The minimum atomic E-state index is 0.165. The number of thioether (sulfide) groups is 1. The Balaban J connectivity index is 1.90. The highest BCUT2D eigenvalue weighted by Crippen LogP contribution is 2.26. The number of aromatic nitrogens is 2. The fourth-order valence-corrected chi connectivity index (χ4v) is 3.00. The van der Waals surface area contributed by atoms with Gasteiger partial charge in [0, 0.05) is 23.8 Å². The Labute approximate surface area is 128 Å². The number of carbonyl (C=O) groups excluding carboxylic acids is 1. The van der Waals surface area contributed by atoms with E-state index in [2.05, 4.69) is 11.9 Å². The summed E-state index contributed by atoms with van der Waals surface area (Å²) in [6, 6.07) is 7.57. The molecule has 106 valence electrons. The van der Waals surface area contributed by atoms with Crippen molar-refractivity contribution in [1.82, 2.24) is 9.55 Å². The minimum Gasteiger partial charge on any atom is -0.335 e. The second kappa shape index (κ2) is 7.50. The average Bonchev–Trinajstić information content (AvgIpc) is 2.86. The number of aryl methyl sites for hydroxylation is 1. The standard InChI is InChI=1S/C15H17ClN2OS/c1-2-8-18-9-7-17-15(18)10-12(19)11-20-14-6-4-3-5-13(14)16/h3-7,9H,2,8,10-11H2,1H3. The molecule has 0 bridgehead atoms. The molecule has 0 unspecified atom stereocenters. The number of hydrogen-bond donors (Lipinski definition) is 0.